The predicted molar refractivity (Wildman–Crippen MR) is 62.9 cm³/mol. The van der Waals surface area contributed by atoms with Gasteiger partial charge in [-0.15, -0.1) is 11.8 Å². The third kappa shape index (κ3) is 1.57. The molecular weight excluding hydrogens is 190 g/mol. The van der Waals surface area contributed by atoms with E-state index in [-0.39, 0.29) is 0 Å². The van der Waals surface area contributed by atoms with E-state index in [0.29, 0.717) is 11.2 Å². The average Bonchev–Trinajstić information content (AvgIpc) is 2.47. The highest BCUT2D eigenvalue weighted by Crippen LogP contribution is 2.47. The minimum absolute atomic E-state index is 0.667. The number of aryl methyl sites for hydroxylation is 1. The van der Waals surface area contributed by atoms with E-state index in [2.05, 4.69) is 32.0 Å². The largest absolute Gasteiger partial charge is 0.330 e. The number of thioether (sulfide) groups is 1. The second kappa shape index (κ2) is 3.95. The monoisotopic (exact) mass is 207 g/mol. The van der Waals surface area contributed by atoms with Crippen molar-refractivity contribution in [2.75, 3.05) is 6.54 Å². The molecule has 2 rings (SSSR count). The third-order valence-electron chi connectivity index (χ3n) is 2.99. The summed E-state index contributed by atoms with van der Waals surface area (Å²) in [5, 5.41) is 0.689. The Hall–Kier alpha value is -0.470. The number of hydrogen-bond donors (Lipinski definition) is 1. The molecule has 76 valence electrons. The van der Waals surface area contributed by atoms with Gasteiger partial charge in [0, 0.05) is 10.1 Å². The van der Waals surface area contributed by atoms with Gasteiger partial charge in [-0.2, -0.15) is 0 Å². The maximum Gasteiger partial charge on any atom is 0.0139 e. The molecule has 0 radical (unpaired) electrons. The van der Waals surface area contributed by atoms with Crippen LogP contribution in [0.2, 0.25) is 0 Å². The van der Waals surface area contributed by atoms with Crippen LogP contribution in [0.4, 0.5) is 0 Å². The summed E-state index contributed by atoms with van der Waals surface area (Å²) in [5.74, 6) is 0.667. The zero-order valence-corrected chi connectivity index (χ0v) is 9.60. The minimum Gasteiger partial charge on any atom is -0.330 e. The molecule has 14 heavy (non-hydrogen) atoms. The molecule has 0 aromatic heterocycles. The second-order valence-corrected chi connectivity index (χ2v) is 5.39. The van der Waals surface area contributed by atoms with Crippen molar-refractivity contribution in [3.63, 3.8) is 0 Å². The van der Waals surface area contributed by atoms with Crippen LogP contribution < -0.4 is 5.73 Å². The van der Waals surface area contributed by atoms with Gasteiger partial charge in [0.25, 0.3) is 0 Å². The summed E-state index contributed by atoms with van der Waals surface area (Å²) in [6.07, 6.45) is 1.12. The van der Waals surface area contributed by atoms with Gasteiger partial charge in [-0.3, -0.25) is 0 Å². The molecule has 0 saturated carbocycles. The number of nitrogens with two attached hydrogens (primary N) is 1. The van der Waals surface area contributed by atoms with E-state index in [1.165, 1.54) is 16.0 Å². The van der Waals surface area contributed by atoms with Crippen molar-refractivity contribution in [2.45, 2.75) is 36.3 Å². The van der Waals surface area contributed by atoms with Gasteiger partial charge in [-0.05, 0) is 36.9 Å². The van der Waals surface area contributed by atoms with E-state index < -0.39 is 0 Å². The Kier molecular flexibility index (Phi) is 2.84. The SMILES string of the molecule is Cc1cccc2c1SC(C)C2CCN. The Morgan fingerprint density at radius 1 is 1.43 bits per heavy atom. The van der Waals surface area contributed by atoms with Crippen LogP contribution in [-0.4, -0.2) is 11.8 Å². The van der Waals surface area contributed by atoms with Gasteiger partial charge in [0.15, 0.2) is 0 Å². The van der Waals surface area contributed by atoms with Crippen LogP contribution in [0.1, 0.15) is 30.4 Å². The highest BCUT2D eigenvalue weighted by atomic mass is 32.2. The number of hydrogen-bond acceptors (Lipinski definition) is 2. The Bertz CT molecular complexity index is 335. The Balaban J connectivity index is 2.37. The van der Waals surface area contributed by atoms with Crippen molar-refractivity contribution in [3.8, 4) is 0 Å². The van der Waals surface area contributed by atoms with E-state index in [1.54, 1.807) is 0 Å². The van der Waals surface area contributed by atoms with E-state index >= 15 is 0 Å². The van der Waals surface area contributed by atoms with Gasteiger partial charge < -0.3 is 5.73 Å². The van der Waals surface area contributed by atoms with Crippen LogP contribution in [0.3, 0.4) is 0 Å². The molecule has 1 aliphatic heterocycles. The van der Waals surface area contributed by atoms with E-state index in [0.717, 1.165) is 13.0 Å². The van der Waals surface area contributed by atoms with Crippen molar-refractivity contribution in [1.29, 1.82) is 0 Å². The molecule has 1 aromatic rings. The summed E-state index contributed by atoms with van der Waals surface area (Å²) >= 11 is 2.01. The first kappa shape index (κ1) is 10.1. The first-order valence-corrected chi connectivity index (χ1v) is 6.08. The summed E-state index contributed by atoms with van der Waals surface area (Å²) in [6, 6.07) is 6.62. The highest BCUT2D eigenvalue weighted by Gasteiger charge is 2.29. The Morgan fingerprint density at radius 3 is 2.93 bits per heavy atom. The first-order chi connectivity index (χ1) is 6.74. The summed E-state index contributed by atoms with van der Waals surface area (Å²) in [5.41, 5.74) is 8.59. The third-order valence-corrected chi connectivity index (χ3v) is 4.48. The van der Waals surface area contributed by atoms with Gasteiger partial charge in [-0.1, -0.05) is 25.1 Å². The van der Waals surface area contributed by atoms with Gasteiger partial charge in [0.1, 0.15) is 0 Å². The zero-order valence-electron chi connectivity index (χ0n) is 8.79. The lowest BCUT2D eigenvalue weighted by Gasteiger charge is -2.13. The molecule has 0 bridgehead atoms. The first-order valence-electron chi connectivity index (χ1n) is 5.20. The summed E-state index contributed by atoms with van der Waals surface area (Å²) in [6.45, 7) is 5.30. The van der Waals surface area contributed by atoms with Crippen LogP contribution in [0.5, 0.6) is 0 Å². The normalized spacial score (nSPS) is 25.1. The number of benzene rings is 1. The van der Waals surface area contributed by atoms with Crippen LogP contribution >= 0.6 is 11.8 Å². The van der Waals surface area contributed by atoms with Crippen LogP contribution in [-0.2, 0) is 0 Å². The standard InChI is InChI=1S/C12H17NS/c1-8-4-3-5-11-10(6-7-13)9(2)14-12(8)11/h3-5,9-10H,6-7,13H2,1-2H3. The lowest BCUT2D eigenvalue weighted by molar-refractivity contribution is 0.632. The van der Waals surface area contributed by atoms with Crippen molar-refractivity contribution >= 4 is 11.8 Å². The summed E-state index contributed by atoms with van der Waals surface area (Å²) < 4.78 is 0. The molecule has 0 aliphatic carbocycles. The van der Waals surface area contributed by atoms with Crippen molar-refractivity contribution in [3.05, 3.63) is 29.3 Å². The van der Waals surface area contributed by atoms with Crippen molar-refractivity contribution in [1.82, 2.24) is 0 Å². The van der Waals surface area contributed by atoms with E-state index in [4.69, 9.17) is 5.73 Å². The minimum atomic E-state index is 0.667. The molecule has 0 fully saturated rings. The van der Waals surface area contributed by atoms with Gasteiger partial charge in [0.2, 0.25) is 0 Å². The quantitative estimate of drug-likeness (QED) is 0.807. The topological polar surface area (TPSA) is 26.0 Å². The van der Waals surface area contributed by atoms with Gasteiger partial charge in [0.05, 0.1) is 0 Å². The highest BCUT2D eigenvalue weighted by molar-refractivity contribution is 8.00. The molecule has 0 spiro atoms. The summed E-state index contributed by atoms with van der Waals surface area (Å²) in [7, 11) is 0. The van der Waals surface area contributed by atoms with Crippen molar-refractivity contribution < 1.29 is 0 Å². The predicted octanol–water partition coefficient (Wildman–Crippen LogP) is 2.92. The maximum atomic E-state index is 5.66. The fraction of sp³-hybridized carbons (Fsp3) is 0.500. The molecule has 1 heterocycles. The molecule has 2 unspecified atom stereocenters. The van der Waals surface area contributed by atoms with Crippen LogP contribution in [0, 0.1) is 6.92 Å². The molecule has 0 amide bonds. The lowest BCUT2D eigenvalue weighted by atomic mass is 9.92. The average molecular weight is 207 g/mol. The van der Waals surface area contributed by atoms with Crippen LogP contribution in [0.25, 0.3) is 0 Å². The molecule has 0 saturated heterocycles. The molecular formula is C12H17NS. The Morgan fingerprint density at radius 2 is 2.21 bits per heavy atom. The Labute approximate surface area is 90.1 Å². The molecule has 2 atom stereocenters. The van der Waals surface area contributed by atoms with Gasteiger partial charge in [-0.25, -0.2) is 0 Å². The molecule has 1 aromatic carbocycles. The maximum absolute atomic E-state index is 5.66. The summed E-state index contributed by atoms with van der Waals surface area (Å²) in [4.78, 5) is 1.50. The lowest BCUT2D eigenvalue weighted by Crippen LogP contribution is -2.11. The second-order valence-electron chi connectivity index (χ2n) is 4.00. The molecule has 1 nitrogen and oxygen atoms in total. The number of rotatable bonds is 2. The molecule has 2 heteroatoms. The van der Waals surface area contributed by atoms with Gasteiger partial charge >= 0.3 is 0 Å². The molecule has 2 N–H and O–H groups in total. The zero-order chi connectivity index (χ0) is 10.1. The number of fused-ring (bicyclic) bond motifs is 1. The fourth-order valence-electron chi connectivity index (χ4n) is 2.22. The van der Waals surface area contributed by atoms with Crippen molar-refractivity contribution in [2.24, 2.45) is 5.73 Å². The molecule has 1 aliphatic rings. The van der Waals surface area contributed by atoms with Crippen LogP contribution in [0.15, 0.2) is 23.1 Å². The fourth-order valence-corrected chi connectivity index (χ4v) is 3.65. The van der Waals surface area contributed by atoms with E-state index in [9.17, 15) is 0 Å². The van der Waals surface area contributed by atoms with E-state index in [1.807, 2.05) is 11.8 Å². The smallest absolute Gasteiger partial charge is 0.0139 e.